The van der Waals surface area contributed by atoms with Gasteiger partial charge in [0.2, 0.25) is 19.0 Å². The van der Waals surface area contributed by atoms with Gasteiger partial charge >= 0.3 is 19.9 Å². The zero-order valence-electron chi connectivity index (χ0n) is 33.0. The minimum absolute atomic E-state index is 0.0718. The van der Waals surface area contributed by atoms with Crippen LogP contribution in [0.5, 0.6) is 5.75 Å². The van der Waals surface area contributed by atoms with E-state index in [1.54, 1.807) is 58.0 Å². The maximum atomic E-state index is 14.5. The zero-order valence-corrected chi connectivity index (χ0v) is 33.9. The summed E-state index contributed by atoms with van der Waals surface area (Å²) in [5.41, 5.74) is -2.57. The smallest absolute Gasteiger partial charge is 0.482 e. The van der Waals surface area contributed by atoms with E-state index in [4.69, 9.17) is 37.5 Å². The molecular formula is C38H45F2N4O14P. The second kappa shape index (κ2) is 19.5. The molecule has 1 saturated heterocycles. The summed E-state index contributed by atoms with van der Waals surface area (Å²) in [5.74, 6) is -3.93. The molecule has 1 atom stereocenters. The minimum Gasteiger partial charge on any atom is -0.482 e. The highest BCUT2D eigenvalue weighted by Gasteiger charge is 2.53. The number of carbonyl (C=O) groups excluding carboxylic acids is 4. The van der Waals surface area contributed by atoms with Gasteiger partial charge < -0.3 is 38.6 Å². The van der Waals surface area contributed by atoms with E-state index in [0.717, 1.165) is 18.3 Å². The van der Waals surface area contributed by atoms with Crippen molar-refractivity contribution in [1.82, 2.24) is 14.9 Å². The van der Waals surface area contributed by atoms with Gasteiger partial charge in [0.25, 0.3) is 11.8 Å². The van der Waals surface area contributed by atoms with Crippen molar-refractivity contribution in [3.63, 3.8) is 0 Å². The lowest BCUT2D eigenvalue weighted by Gasteiger charge is -2.52. The number of hydrogen-bond acceptors (Lipinski definition) is 15. The number of carbonyl (C=O) groups is 4. The van der Waals surface area contributed by atoms with Crippen LogP contribution < -0.4 is 20.5 Å². The van der Waals surface area contributed by atoms with E-state index in [1.807, 2.05) is 0 Å². The molecule has 0 bridgehead atoms. The number of nitrogens with one attached hydrogen (secondary N) is 1. The van der Waals surface area contributed by atoms with Crippen LogP contribution in [-0.4, -0.2) is 98.1 Å². The fourth-order valence-corrected chi connectivity index (χ4v) is 7.31. The van der Waals surface area contributed by atoms with E-state index in [0.29, 0.717) is 11.6 Å². The Kier molecular flexibility index (Phi) is 14.7. The Morgan fingerprint density at radius 1 is 0.949 bits per heavy atom. The SMILES string of the molecule is CC(C)OC(=O)OCOP(=O)(CCN1n2cc(C(=O)NCc3ccc(F)cc3F)c(=O)c(OCc3ccccc3)c2C(=O)N(C)[C@@]12CCOC2)OCOC(=O)OC(C)C. The first-order chi connectivity index (χ1) is 28.0. The van der Waals surface area contributed by atoms with Crippen molar-refractivity contribution in [3.05, 3.63) is 99.0 Å². The first kappa shape index (κ1) is 44.5. The molecular weight excluding hydrogens is 805 g/mol. The number of pyridine rings is 1. The number of hydrogen-bond donors (Lipinski definition) is 1. The van der Waals surface area contributed by atoms with Gasteiger partial charge in [-0.25, -0.2) is 18.4 Å². The third-order valence-electron chi connectivity index (χ3n) is 9.03. The van der Waals surface area contributed by atoms with Crippen molar-refractivity contribution in [3.8, 4) is 5.75 Å². The molecule has 1 N–H and O–H groups in total. The Labute approximate surface area is 337 Å². The lowest BCUT2D eigenvalue weighted by Crippen LogP contribution is -2.70. The van der Waals surface area contributed by atoms with E-state index in [2.05, 4.69) is 5.32 Å². The fraction of sp³-hybridized carbons (Fsp3) is 0.447. The predicted octanol–water partition coefficient (Wildman–Crippen LogP) is 5.04. The first-order valence-electron chi connectivity index (χ1n) is 18.4. The standard InChI is InChI=1S/C38H45F2N4O14P/c1-24(2)57-36(48)53-22-55-59(50,56-23-54-37(49)58-25(3)4)16-14-44-38(13-15-51-21-38)42(5)35(47)31-33(52-20-26-9-7-6-8-10-26)32(45)29(19-43(31)44)34(46)41-18-27-11-12-28(39)17-30(27)40/h6-12,17,19,24-25H,13-16,18,20-23H2,1-5H3,(H,41,46)/t38-/m0/s1. The van der Waals surface area contributed by atoms with Gasteiger partial charge in [-0.05, 0) is 39.3 Å². The Bertz CT molecular complexity index is 2080. The Morgan fingerprint density at radius 3 is 2.17 bits per heavy atom. The number of rotatable bonds is 17. The quantitative estimate of drug-likeness (QED) is 0.108. The van der Waals surface area contributed by atoms with Crippen LogP contribution in [0.4, 0.5) is 18.4 Å². The number of likely N-dealkylation sites (N-methyl/N-ethyl adjacent to an activating group) is 1. The maximum absolute atomic E-state index is 14.5. The lowest BCUT2D eigenvalue weighted by atomic mass is 10.0. The number of amides is 2. The molecule has 320 valence electrons. The zero-order chi connectivity index (χ0) is 42.9. The first-order valence-corrected chi connectivity index (χ1v) is 20.1. The summed E-state index contributed by atoms with van der Waals surface area (Å²) in [6.07, 6.45) is -2.60. The van der Waals surface area contributed by atoms with Crippen LogP contribution in [0.2, 0.25) is 0 Å². The number of halogens is 2. The third-order valence-corrected chi connectivity index (χ3v) is 10.8. The van der Waals surface area contributed by atoms with Crippen LogP contribution >= 0.6 is 7.60 Å². The molecule has 3 heterocycles. The van der Waals surface area contributed by atoms with E-state index in [1.165, 1.54) is 21.6 Å². The molecule has 0 aliphatic carbocycles. The Hall–Kier alpha value is -5.56. The summed E-state index contributed by atoms with van der Waals surface area (Å²) < 4.78 is 86.0. The predicted molar refractivity (Wildman–Crippen MR) is 202 cm³/mol. The van der Waals surface area contributed by atoms with E-state index in [-0.39, 0.29) is 44.0 Å². The molecule has 3 aromatic rings. The largest absolute Gasteiger partial charge is 0.510 e. The molecule has 1 spiro atoms. The number of fused-ring (bicyclic) bond motifs is 1. The summed E-state index contributed by atoms with van der Waals surface area (Å²) in [5, 5.41) is 3.98. The third kappa shape index (κ3) is 10.9. The average Bonchev–Trinajstić information content (AvgIpc) is 3.66. The van der Waals surface area contributed by atoms with Gasteiger partial charge in [-0.2, -0.15) is 0 Å². The Morgan fingerprint density at radius 2 is 1.59 bits per heavy atom. The Balaban J connectivity index is 1.54. The van der Waals surface area contributed by atoms with Gasteiger partial charge in [-0.15, -0.1) is 0 Å². The van der Waals surface area contributed by atoms with Gasteiger partial charge in [0.15, 0.2) is 17.1 Å². The van der Waals surface area contributed by atoms with Crippen LogP contribution in [0, 0.1) is 11.6 Å². The molecule has 0 unspecified atom stereocenters. The summed E-state index contributed by atoms with van der Waals surface area (Å²) in [6.45, 7) is 3.60. The monoisotopic (exact) mass is 850 g/mol. The summed E-state index contributed by atoms with van der Waals surface area (Å²) in [4.78, 5) is 67.8. The molecule has 2 aromatic carbocycles. The van der Waals surface area contributed by atoms with E-state index >= 15 is 0 Å². The van der Waals surface area contributed by atoms with Crippen molar-refractivity contribution in [1.29, 1.82) is 0 Å². The van der Waals surface area contributed by atoms with E-state index in [9.17, 15) is 37.3 Å². The molecule has 59 heavy (non-hydrogen) atoms. The van der Waals surface area contributed by atoms with Crippen molar-refractivity contribution in [2.45, 2.75) is 65.1 Å². The van der Waals surface area contributed by atoms with Gasteiger partial charge in [0.05, 0.1) is 31.6 Å². The van der Waals surface area contributed by atoms with Crippen LogP contribution in [-0.2, 0) is 50.4 Å². The highest BCUT2D eigenvalue weighted by molar-refractivity contribution is 7.53. The number of benzene rings is 2. The lowest BCUT2D eigenvalue weighted by molar-refractivity contribution is -0.0302. The van der Waals surface area contributed by atoms with Gasteiger partial charge in [0, 0.05) is 44.4 Å². The van der Waals surface area contributed by atoms with Gasteiger partial charge in [-0.3, -0.25) is 37.7 Å². The molecule has 21 heteroatoms. The molecule has 0 saturated carbocycles. The number of ether oxygens (including phenoxy) is 6. The molecule has 0 radical (unpaired) electrons. The van der Waals surface area contributed by atoms with Crippen molar-refractivity contribution in [2.75, 3.05) is 51.6 Å². The second-order valence-corrected chi connectivity index (χ2v) is 16.0. The molecule has 1 fully saturated rings. The number of nitrogens with zero attached hydrogens (tertiary/aromatic N) is 3. The van der Waals surface area contributed by atoms with Crippen LogP contribution in [0.15, 0.2) is 59.5 Å². The van der Waals surface area contributed by atoms with E-state index < -0.39 is 104 Å². The van der Waals surface area contributed by atoms with Gasteiger partial charge in [-0.1, -0.05) is 36.4 Å². The van der Waals surface area contributed by atoms with Crippen LogP contribution in [0.1, 0.15) is 66.1 Å². The van der Waals surface area contributed by atoms with Crippen LogP contribution in [0.3, 0.4) is 0 Å². The molecule has 2 aliphatic heterocycles. The normalized spacial score (nSPS) is 16.3. The summed E-state index contributed by atoms with van der Waals surface area (Å²) in [7, 11) is -2.95. The van der Waals surface area contributed by atoms with Crippen molar-refractivity contribution < 1.29 is 70.0 Å². The summed E-state index contributed by atoms with van der Waals surface area (Å²) >= 11 is 0. The summed E-state index contributed by atoms with van der Waals surface area (Å²) in [6, 6.07) is 11.5. The maximum Gasteiger partial charge on any atom is 0.510 e. The highest BCUT2D eigenvalue weighted by Crippen LogP contribution is 2.49. The fourth-order valence-electron chi connectivity index (χ4n) is 6.12. The molecule has 2 aliphatic rings. The second-order valence-electron chi connectivity index (χ2n) is 13.8. The molecule has 5 rings (SSSR count). The van der Waals surface area contributed by atoms with Crippen molar-refractivity contribution >= 4 is 31.7 Å². The molecule has 2 amide bonds. The highest BCUT2D eigenvalue weighted by atomic mass is 31.2. The number of aromatic nitrogens is 1. The molecule has 1 aromatic heterocycles. The minimum atomic E-state index is -4.43. The van der Waals surface area contributed by atoms with Gasteiger partial charge in [0.1, 0.15) is 23.8 Å². The van der Waals surface area contributed by atoms with Crippen LogP contribution in [0.25, 0.3) is 0 Å². The van der Waals surface area contributed by atoms with Crippen molar-refractivity contribution in [2.24, 2.45) is 0 Å². The molecule has 18 nitrogen and oxygen atoms in total. The topological polar surface area (TPSA) is 200 Å². The average molecular weight is 851 g/mol.